The molecule has 9 nitrogen and oxygen atoms in total. The first kappa shape index (κ1) is 18.3. The van der Waals surface area contributed by atoms with Crippen LogP contribution in [0.2, 0.25) is 0 Å². The van der Waals surface area contributed by atoms with Crippen LogP contribution in [0.25, 0.3) is 0 Å². The number of amides is 3. The van der Waals surface area contributed by atoms with E-state index in [1.54, 1.807) is 6.92 Å². The van der Waals surface area contributed by atoms with Crippen LogP contribution in [0.4, 0.5) is 16.7 Å². The second kappa shape index (κ2) is 6.81. The number of imide groups is 1. The summed E-state index contributed by atoms with van der Waals surface area (Å²) in [6.45, 7) is 1.67. The number of aromatic nitrogens is 3. The van der Waals surface area contributed by atoms with Gasteiger partial charge in [-0.05, 0) is 63.2 Å². The van der Waals surface area contributed by atoms with E-state index in [1.807, 2.05) is 0 Å². The number of rotatable bonds is 4. The first-order valence-corrected chi connectivity index (χ1v) is 10.2. The highest BCUT2D eigenvalue weighted by atomic mass is 32.2. The van der Waals surface area contributed by atoms with Crippen LogP contribution >= 0.6 is 11.8 Å². The zero-order valence-electron chi connectivity index (χ0n) is 15.3. The fourth-order valence-corrected chi connectivity index (χ4v) is 6.18. The van der Waals surface area contributed by atoms with Crippen molar-refractivity contribution in [2.24, 2.45) is 17.8 Å². The Hall–Kier alpha value is -2.10. The molecule has 1 aromatic heterocycles. The van der Waals surface area contributed by atoms with Gasteiger partial charge in [0.2, 0.25) is 17.8 Å². The molecule has 146 valence electrons. The Morgan fingerprint density at radius 3 is 2.07 bits per heavy atom. The summed E-state index contributed by atoms with van der Waals surface area (Å²) in [4.78, 5) is 36.4. The highest BCUT2D eigenvalue weighted by Crippen LogP contribution is 2.55. The van der Waals surface area contributed by atoms with Crippen LogP contribution in [0.3, 0.4) is 0 Å². The van der Waals surface area contributed by atoms with Gasteiger partial charge in [0, 0.05) is 5.54 Å². The summed E-state index contributed by atoms with van der Waals surface area (Å²) in [7, 11) is 0. The third kappa shape index (κ3) is 3.95. The summed E-state index contributed by atoms with van der Waals surface area (Å²) >= 11 is 1.08. The van der Waals surface area contributed by atoms with Gasteiger partial charge in [-0.3, -0.25) is 10.1 Å². The van der Waals surface area contributed by atoms with E-state index in [2.05, 4.69) is 25.6 Å². The zero-order chi connectivity index (χ0) is 19.2. The Morgan fingerprint density at radius 2 is 1.56 bits per heavy atom. The average molecular weight is 392 g/mol. The first-order chi connectivity index (χ1) is 12.8. The summed E-state index contributed by atoms with van der Waals surface area (Å²) < 4.78 is 0. The van der Waals surface area contributed by atoms with Crippen LogP contribution in [0.1, 0.15) is 45.4 Å². The number of nitrogen functional groups attached to an aromatic ring is 2. The Balaban J connectivity index is 1.33. The van der Waals surface area contributed by atoms with Gasteiger partial charge in [-0.25, -0.2) is 4.79 Å². The van der Waals surface area contributed by atoms with Crippen molar-refractivity contribution in [3.8, 4) is 0 Å². The molecule has 10 heteroatoms. The molecule has 5 rings (SSSR count). The Morgan fingerprint density at radius 1 is 1.04 bits per heavy atom. The van der Waals surface area contributed by atoms with Gasteiger partial charge in [0.25, 0.3) is 0 Å². The number of carbonyl (C=O) groups is 2. The molecular weight excluding hydrogens is 366 g/mol. The minimum atomic E-state index is -0.576. The quantitative estimate of drug-likeness (QED) is 0.561. The second-order valence-electron chi connectivity index (χ2n) is 8.24. The van der Waals surface area contributed by atoms with Crippen molar-refractivity contribution >= 4 is 35.6 Å². The van der Waals surface area contributed by atoms with E-state index in [0.29, 0.717) is 0 Å². The molecule has 4 fully saturated rings. The molecule has 0 aromatic carbocycles. The van der Waals surface area contributed by atoms with E-state index in [9.17, 15) is 9.59 Å². The molecule has 0 saturated heterocycles. The van der Waals surface area contributed by atoms with Crippen LogP contribution in [0.5, 0.6) is 0 Å². The number of nitrogens with zero attached hydrogens (tertiary/aromatic N) is 3. The molecule has 0 spiro atoms. The van der Waals surface area contributed by atoms with Crippen molar-refractivity contribution in [1.82, 2.24) is 25.6 Å². The number of thioether (sulfide) groups is 1. The predicted molar refractivity (Wildman–Crippen MR) is 102 cm³/mol. The summed E-state index contributed by atoms with van der Waals surface area (Å²) in [6.07, 6.45) is 7.00. The molecular formula is C17H25N7O2S. The highest BCUT2D eigenvalue weighted by molar-refractivity contribution is 8.00. The molecule has 0 unspecified atom stereocenters. The first-order valence-electron chi connectivity index (χ1n) is 9.37. The van der Waals surface area contributed by atoms with Gasteiger partial charge >= 0.3 is 6.03 Å². The summed E-state index contributed by atoms with van der Waals surface area (Å²) in [5, 5.41) is 5.27. The molecule has 3 amide bonds. The summed E-state index contributed by atoms with van der Waals surface area (Å²) in [5.41, 5.74) is 10.9. The number of nitrogens with two attached hydrogens (primary N) is 2. The maximum Gasteiger partial charge on any atom is 0.321 e. The van der Waals surface area contributed by atoms with Gasteiger partial charge < -0.3 is 16.8 Å². The van der Waals surface area contributed by atoms with Crippen LogP contribution in [0.15, 0.2) is 5.16 Å². The number of hydrogen-bond acceptors (Lipinski definition) is 8. The van der Waals surface area contributed by atoms with Crippen LogP contribution in [0, 0.1) is 17.8 Å². The maximum atomic E-state index is 12.5. The molecule has 4 bridgehead atoms. The Bertz CT molecular complexity index is 716. The maximum absolute atomic E-state index is 12.5. The van der Waals surface area contributed by atoms with E-state index in [0.717, 1.165) is 48.8 Å². The zero-order valence-corrected chi connectivity index (χ0v) is 16.1. The van der Waals surface area contributed by atoms with Gasteiger partial charge in [-0.1, -0.05) is 11.8 Å². The fourth-order valence-electron chi connectivity index (χ4n) is 5.40. The molecule has 27 heavy (non-hydrogen) atoms. The van der Waals surface area contributed by atoms with Crippen molar-refractivity contribution in [3.63, 3.8) is 0 Å². The minimum Gasteiger partial charge on any atom is -0.368 e. The average Bonchev–Trinajstić information content (AvgIpc) is 2.51. The van der Waals surface area contributed by atoms with Gasteiger partial charge in [-0.2, -0.15) is 15.0 Å². The molecule has 4 aliphatic carbocycles. The molecule has 6 N–H and O–H groups in total. The fraction of sp³-hybridized carbons (Fsp3) is 0.706. The van der Waals surface area contributed by atoms with Crippen LogP contribution in [-0.2, 0) is 4.79 Å². The SMILES string of the molecule is C[C@H](Sc1nc(N)nc(N)n1)C(=O)NC(=O)NC12CC3CC(CC(C3)C1)C2. The van der Waals surface area contributed by atoms with Crippen molar-refractivity contribution in [1.29, 1.82) is 0 Å². The van der Waals surface area contributed by atoms with E-state index in [-0.39, 0.29) is 22.6 Å². The van der Waals surface area contributed by atoms with E-state index in [1.165, 1.54) is 19.3 Å². The number of urea groups is 1. The minimum absolute atomic E-state index is 0.00262. The third-order valence-corrected chi connectivity index (χ3v) is 6.92. The van der Waals surface area contributed by atoms with Crippen molar-refractivity contribution in [2.45, 2.75) is 61.4 Å². The predicted octanol–water partition coefficient (Wildman–Crippen LogP) is 1.31. The van der Waals surface area contributed by atoms with Crippen molar-refractivity contribution in [3.05, 3.63) is 0 Å². The van der Waals surface area contributed by atoms with Crippen LogP contribution in [-0.4, -0.2) is 37.7 Å². The number of carbonyl (C=O) groups excluding carboxylic acids is 2. The normalized spacial score (nSPS) is 32.1. The smallest absolute Gasteiger partial charge is 0.321 e. The molecule has 1 heterocycles. The second-order valence-corrected chi connectivity index (χ2v) is 9.54. The molecule has 4 aliphatic rings. The monoisotopic (exact) mass is 391 g/mol. The van der Waals surface area contributed by atoms with Gasteiger partial charge in [-0.15, -0.1) is 0 Å². The van der Waals surface area contributed by atoms with Gasteiger partial charge in [0.15, 0.2) is 5.16 Å². The molecule has 0 radical (unpaired) electrons. The highest BCUT2D eigenvalue weighted by Gasteiger charge is 2.51. The number of nitrogens with one attached hydrogen (secondary N) is 2. The van der Waals surface area contributed by atoms with Gasteiger partial charge in [0.05, 0.1) is 5.25 Å². The molecule has 4 saturated carbocycles. The van der Waals surface area contributed by atoms with Crippen LogP contribution < -0.4 is 22.1 Å². The Kier molecular flexibility index (Phi) is 4.61. The van der Waals surface area contributed by atoms with E-state index < -0.39 is 17.2 Å². The van der Waals surface area contributed by atoms with Gasteiger partial charge in [0.1, 0.15) is 0 Å². The summed E-state index contributed by atoms with van der Waals surface area (Å²) in [6, 6.07) is -0.413. The van der Waals surface area contributed by atoms with E-state index in [4.69, 9.17) is 11.5 Å². The lowest BCUT2D eigenvalue weighted by atomic mass is 9.53. The van der Waals surface area contributed by atoms with E-state index >= 15 is 0 Å². The standard InChI is InChI=1S/C17H25N7O2S/c1-8(27-16-22-13(18)21-14(19)23-16)12(25)20-15(26)24-17-5-9-2-10(6-17)4-11(3-9)7-17/h8-11H,2-7H2,1H3,(H2,20,24,25,26)(H4,18,19,21,22,23)/t8-,9?,10?,11?,17?/m0/s1. The lowest BCUT2D eigenvalue weighted by Crippen LogP contribution is -2.62. The largest absolute Gasteiger partial charge is 0.368 e. The molecule has 1 atom stereocenters. The van der Waals surface area contributed by atoms with Crippen molar-refractivity contribution in [2.75, 3.05) is 11.5 Å². The third-order valence-electron chi connectivity index (χ3n) is 5.95. The lowest BCUT2D eigenvalue weighted by Gasteiger charge is -2.56. The summed E-state index contributed by atoms with van der Waals surface area (Å²) in [5.74, 6) is 1.76. The Labute approximate surface area is 161 Å². The van der Waals surface area contributed by atoms with Crippen molar-refractivity contribution < 1.29 is 9.59 Å². The number of hydrogen-bond donors (Lipinski definition) is 4. The topological polar surface area (TPSA) is 149 Å². The molecule has 1 aromatic rings. The molecule has 0 aliphatic heterocycles. The lowest BCUT2D eigenvalue weighted by molar-refractivity contribution is -0.119. The number of anilines is 2.